The van der Waals surface area contributed by atoms with Gasteiger partial charge in [0.2, 0.25) is 10.0 Å². The lowest BCUT2D eigenvalue weighted by atomic mass is 10.2. The second-order valence-electron chi connectivity index (χ2n) is 6.57. The van der Waals surface area contributed by atoms with Crippen LogP contribution in [0.4, 0.5) is 13.2 Å². The summed E-state index contributed by atoms with van der Waals surface area (Å²) < 4.78 is 66.1. The fourth-order valence-electron chi connectivity index (χ4n) is 3.10. The molecule has 1 amide bonds. The zero-order valence-corrected chi connectivity index (χ0v) is 16.2. The van der Waals surface area contributed by atoms with Crippen molar-refractivity contribution in [3.05, 3.63) is 29.8 Å². The van der Waals surface area contributed by atoms with E-state index >= 15 is 0 Å². The van der Waals surface area contributed by atoms with Gasteiger partial charge < -0.3 is 10.2 Å². The van der Waals surface area contributed by atoms with E-state index in [4.69, 9.17) is 0 Å². The number of piperazine rings is 1. The number of amides is 1. The number of benzene rings is 1. The molecule has 27 heavy (non-hydrogen) atoms. The zero-order chi connectivity index (χ0) is 20.2. The molecule has 10 heteroatoms. The van der Waals surface area contributed by atoms with E-state index in [1.54, 1.807) is 6.92 Å². The van der Waals surface area contributed by atoms with Gasteiger partial charge >= 0.3 is 6.18 Å². The number of rotatable bonds is 6. The molecule has 0 aliphatic carbocycles. The second-order valence-corrected chi connectivity index (χ2v) is 8.48. The van der Waals surface area contributed by atoms with Crippen LogP contribution in [-0.2, 0) is 21.0 Å². The first-order valence-electron chi connectivity index (χ1n) is 8.87. The van der Waals surface area contributed by atoms with Crippen molar-refractivity contribution >= 4 is 15.9 Å². The van der Waals surface area contributed by atoms with E-state index < -0.39 is 26.7 Å². The summed E-state index contributed by atoms with van der Waals surface area (Å²) in [7, 11) is -4.26. The number of carbonyl (C=O) groups excluding carboxylic acids is 1. The Kier molecular flexibility index (Phi) is 6.87. The third kappa shape index (κ3) is 4.99. The molecule has 1 aromatic rings. The molecular weight excluding hydrogens is 383 g/mol. The van der Waals surface area contributed by atoms with E-state index in [2.05, 4.69) is 5.32 Å². The lowest BCUT2D eigenvalue weighted by Crippen LogP contribution is -3.19. The van der Waals surface area contributed by atoms with Crippen LogP contribution in [0.3, 0.4) is 0 Å². The summed E-state index contributed by atoms with van der Waals surface area (Å²) >= 11 is 0. The molecule has 1 heterocycles. The van der Waals surface area contributed by atoms with E-state index in [1.165, 1.54) is 12.1 Å². The minimum atomic E-state index is -4.75. The Bertz CT molecular complexity index is 760. The average molecular weight is 408 g/mol. The van der Waals surface area contributed by atoms with Crippen molar-refractivity contribution in [2.75, 3.05) is 32.7 Å². The molecule has 1 aliphatic rings. The highest BCUT2D eigenvalue weighted by atomic mass is 32.2. The minimum absolute atomic E-state index is 0.0647. The van der Waals surface area contributed by atoms with Gasteiger partial charge in [-0.1, -0.05) is 19.1 Å². The Labute approximate surface area is 157 Å². The standard InChI is InChI=1S/C17H24F3N3O3S/c1-3-8-21-16(24)13(2)22-9-11-23(12-10-22)27(25,26)15-7-5-4-6-14(15)17(18,19)20/h4-7,13H,3,8-12H2,1-2H3,(H,21,24)/p+1/t13-/m1/s1. The summed E-state index contributed by atoms with van der Waals surface area (Å²) in [6.45, 7) is 5.13. The smallest absolute Gasteiger partial charge is 0.351 e. The maximum Gasteiger partial charge on any atom is 0.417 e. The maximum atomic E-state index is 13.2. The van der Waals surface area contributed by atoms with Crippen LogP contribution in [0.25, 0.3) is 0 Å². The van der Waals surface area contributed by atoms with Gasteiger partial charge in [-0.25, -0.2) is 8.42 Å². The van der Waals surface area contributed by atoms with Crippen LogP contribution in [0.15, 0.2) is 29.2 Å². The molecule has 152 valence electrons. The van der Waals surface area contributed by atoms with E-state index in [1.807, 2.05) is 6.92 Å². The van der Waals surface area contributed by atoms with E-state index in [9.17, 15) is 26.4 Å². The van der Waals surface area contributed by atoms with Gasteiger partial charge in [0, 0.05) is 6.54 Å². The summed E-state index contributed by atoms with van der Waals surface area (Å²) in [5, 5.41) is 2.80. The number of halogens is 3. The van der Waals surface area contributed by atoms with Crippen LogP contribution in [0, 0.1) is 0 Å². The first-order valence-corrected chi connectivity index (χ1v) is 10.3. The minimum Gasteiger partial charge on any atom is -0.351 e. The summed E-state index contributed by atoms with van der Waals surface area (Å²) in [4.78, 5) is 12.3. The Balaban J connectivity index is 2.11. The molecule has 1 aliphatic heterocycles. The fraction of sp³-hybridized carbons (Fsp3) is 0.588. The third-order valence-electron chi connectivity index (χ3n) is 4.73. The number of nitrogens with one attached hydrogen (secondary N) is 2. The van der Waals surface area contributed by atoms with Gasteiger partial charge in [0.25, 0.3) is 5.91 Å². The highest BCUT2D eigenvalue weighted by molar-refractivity contribution is 7.89. The zero-order valence-electron chi connectivity index (χ0n) is 15.3. The molecule has 1 atom stereocenters. The van der Waals surface area contributed by atoms with Crippen molar-refractivity contribution in [2.24, 2.45) is 0 Å². The van der Waals surface area contributed by atoms with Crippen LogP contribution < -0.4 is 10.2 Å². The fourth-order valence-corrected chi connectivity index (χ4v) is 4.75. The first kappa shape index (κ1) is 21.6. The summed E-state index contributed by atoms with van der Waals surface area (Å²) in [6.07, 6.45) is -3.93. The van der Waals surface area contributed by atoms with Crippen molar-refractivity contribution in [3.8, 4) is 0 Å². The van der Waals surface area contributed by atoms with Crippen molar-refractivity contribution in [2.45, 2.75) is 37.4 Å². The van der Waals surface area contributed by atoms with E-state index in [0.29, 0.717) is 19.6 Å². The quantitative estimate of drug-likeness (QED) is 0.721. The number of hydrogen-bond acceptors (Lipinski definition) is 3. The highest BCUT2D eigenvalue weighted by Gasteiger charge is 2.40. The van der Waals surface area contributed by atoms with Crippen LogP contribution in [-0.4, -0.2) is 57.4 Å². The SMILES string of the molecule is CCCNC(=O)[C@@H](C)[NH+]1CCN(S(=O)(=O)c2ccccc2C(F)(F)F)CC1. The lowest BCUT2D eigenvalue weighted by molar-refractivity contribution is -0.917. The van der Waals surface area contributed by atoms with Crippen LogP contribution in [0.2, 0.25) is 0 Å². The normalized spacial score (nSPS) is 18.3. The van der Waals surface area contributed by atoms with Crippen LogP contribution in [0.1, 0.15) is 25.8 Å². The van der Waals surface area contributed by atoms with E-state index in [0.717, 1.165) is 27.8 Å². The average Bonchev–Trinajstić information content (AvgIpc) is 2.65. The van der Waals surface area contributed by atoms with Crippen LogP contribution >= 0.6 is 0 Å². The van der Waals surface area contributed by atoms with Crippen molar-refractivity contribution in [1.29, 1.82) is 0 Å². The molecule has 0 radical (unpaired) electrons. The van der Waals surface area contributed by atoms with Gasteiger partial charge in [-0.15, -0.1) is 0 Å². The molecule has 6 nitrogen and oxygen atoms in total. The second kappa shape index (κ2) is 8.57. The molecule has 1 aromatic carbocycles. The van der Waals surface area contributed by atoms with Gasteiger partial charge in [-0.2, -0.15) is 17.5 Å². The molecular formula is C17H25F3N3O3S+. The van der Waals surface area contributed by atoms with Crippen molar-refractivity contribution in [3.63, 3.8) is 0 Å². The Hall–Kier alpha value is -1.65. The highest BCUT2D eigenvalue weighted by Crippen LogP contribution is 2.35. The molecule has 1 saturated heterocycles. The summed E-state index contributed by atoms with van der Waals surface area (Å²) in [5.41, 5.74) is -1.16. The monoisotopic (exact) mass is 408 g/mol. The molecule has 2 rings (SSSR count). The van der Waals surface area contributed by atoms with Gasteiger partial charge in [0.15, 0.2) is 6.04 Å². The number of quaternary nitrogens is 1. The first-order chi connectivity index (χ1) is 12.6. The number of nitrogens with zero attached hydrogens (tertiary/aromatic N) is 1. The molecule has 0 saturated carbocycles. The molecule has 0 bridgehead atoms. The van der Waals surface area contributed by atoms with Gasteiger partial charge in [-0.3, -0.25) is 4.79 Å². The Morgan fingerprint density at radius 1 is 1.26 bits per heavy atom. The number of carbonyl (C=O) groups is 1. The molecule has 2 N–H and O–H groups in total. The summed E-state index contributed by atoms with van der Waals surface area (Å²) in [6, 6.07) is 3.86. The largest absolute Gasteiger partial charge is 0.417 e. The lowest BCUT2D eigenvalue weighted by Gasteiger charge is -2.34. The van der Waals surface area contributed by atoms with Gasteiger partial charge in [0.05, 0.1) is 36.6 Å². The van der Waals surface area contributed by atoms with Crippen LogP contribution in [0.5, 0.6) is 0 Å². The molecule has 0 aromatic heterocycles. The Morgan fingerprint density at radius 3 is 2.41 bits per heavy atom. The maximum absolute atomic E-state index is 13.2. The molecule has 0 spiro atoms. The number of sulfonamides is 1. The van der Waals surface area contributed by atoms with Gasteiger partial charge in [0.1, 0.15) is 0 Å². The molecule has 0 unspecified atom stereocenters. The van der Waals surface area contributed by atoms with E-state index in [-0.39, 0.29) is 25.0 Å². The number of hydrogen-bond donors (Lipinski definition) is 2. The topological polar surface area (TPSA) is 70.9 Å². The number of alkyl halides is 3. The van der Waals surface area contributed by atoms with Crippen molar-refractivity contribution < 1.29 is 31.3 Å². The predicted molar refractivity (Wildman–Crippen MR) is 93.7 cm³/mol. The Morgan fingerprint density at radius 2 is 1.85 bits per heavy atom. The van der Waals surface area contributed by atoms with Gasteiger partial charge in [-0.05, 0) is 25.5 Å². The predicted octanol–water partition coefficient (Wildman–Crippen LogP) is 0.509. The third-order valence-corrected chi connectivity index (χ3v) is 6.69. The van der Waals surface area contributed by atoms with Crippen molar-refractivity contribution in [1.82, 2.24) is 9.62 Å². The summed E-state index contributed by atoms with van der Waals surface area (Å²) in [5.74, 6) is -0.106. The molecule has 1 fully saturated rings.